The van der Waals surface area contributed by atoms with E-state index in [0.29, 0.717) is 12.3 Å². The quantitative estimate of drug-likeness (QED) is 0.554. The molecule has 1 aromatic rings. The zero-order valence-electron chi connectivity index (χ0n) is 7.29. The Kier molecular flexibility index (Phi) is 2.81. The van der Waals surface area contributed by atoms with Crippen molar-refractivity contribution in [1.29, 1.82) is 5.41 Å². The topological polar surface area (TPSA) is 62.8 Å². The molecule has 0 aliphatic heterocycles. The van der Waals surface area contributed by atoms with Crippen LogP contribution in [0.2, 0.25) is 0 Å². The molecule has 3 nitrogen and oxygen atoms in total. The highest BCUT2D eigenvalue weighted by atomic mass is 32.1. The molecule has 0 aliphatic carbocycles. The number of nitrogens with zero attached hydrogens (tertiary/aromatic N) is 1. The summed E-state index contributed by atoms with van der Waals surface area (Å²) < 4.78 is 0. The third kappa shape index (κ3) is 2.30. The molecule has 1 heterocycles. The number of thiazole rings is 1. The SMILES string of the molecule is CC(C)c1ncc(CC(=N)N)s1. The van der Waals surface area contributed by atoms with E-state index in [2.05, 4.69) is 18.8 Å². The molecule has 0 amide bonds. The number of aromatic nitrogens is 1. The van der Waals surface area contributed by atoms with Crippen molar-refractivity contribution >= 4 is 17.2 Å². The molecule has 0 saturated heterocycles. The minimum Gasteiger partial charge on any atom is -0.387 e. The van der Waals surface area contributed by atoms with Gasteiger partial charge in [0.25, 0.3) is 0 Å². The monoisotopic (exact) mass is 183 g/mol. The van der Waals surface area contributed by atoms with Crippen molar-refractivity contribution in [2.24, 2.45) is 5.73 Å². The Morgan fingerprint density at radius 3 is 2.83 bits per heavy atom. The van der Waals surface area contributed by atoms with Gasteiger partial charge in [0.15, 0.2) is 0 Å². The third-order valence-corrected chi connectivity index (χ3v) is 2.73. The molecule has 12 heavy (non-hydrogen) atoms. The van der Waals surface area contributed by atoms with Gasteiger partial charge >= 0.3 is 0 Å². The maximum Gasteiger partial charge on any atom is 0.0959 e. The second kappa shape index (κ2) is 3.67. The van der Waals surface area contributed by atoms with Crippen LogP contribution in [-0.4, -0.2) is 10.8 Å². The number of nitrogens with one attached hydrogen (secondary N) is 1. The number of hydrogen-bond acceptors (Lipinski definition) is 3. The predicted molar refractivity (Wildman–Crippen MR) is 51.8 cm³/mol. The number of amidine groups is 1. The molecule has 1 rings (SSSR count). The Bertz CT molecular complexity index is 278. The molecule has 1 aromatic heterocycles. The summed E-state index contributed by atoms with van der Waals surface area (Å²) in [4.78, 5) is 5.31. The maximum atomic E-state index is 7.11. The van der Waals surface area contributed by atoms with Crippen molar-refractivity contribution < 1.29 is 0 Å². The summed E-state index contributed by atoms with van der Waals surface area (Å²) in [6.45, 7) is 4.22. The number of rotatable bonds is 3. The summed E-state index contributed by atoms with van der Waals surface area (Å²) in [5.74, 6) is 0.671. The first-order valence-corrected chi connectivity index (χ1v) is 4.68. The highest BCUT2D eigenvalue weighted by Crippen LogP contribution is 2.20. The lowest BCUT2D eigenvalue weighted by atomic mass is 10.2. The van der Waals surface area contributed by atoms with Crippen molar-refractivity contribution in [3.05, 3.63) is 16.1 Å². The molecule has 0 aromatic carbocycles. The van der Waals surface area contributed by atoms with Crippen LogP contribution in [0.3, 0.4) is 0 Å². The molecule has 0 fully saturated rings. The molecule has 0 spiro atoms. The molecule has 0 saturated carbocycles. The smallest absolute Gasteiger partial charge is 0.0959 e. The zero-order chi connectivity index (χ0) is 9.14. The van der Waals surface area contributed by atoms with E-state index < -0.39 is 0 Å². The predicted octanol–water partition coefficient (Wildman–Crippen LogP) is 1.74. The van der Waals surface area contributed by atoms with Crippen LogP contribution in [0.15, 0.2) is 6.20 Å². The van der Waals surface area contributed by atoms with Crippen molar-refractivity contribution in [3.63, 3.8) is 0 Å². The lowest BCUT2D eigenvalue weighted by molar-refractivity contribution is 0.852. The fourth-order valence-corrected chi connectivity index (χ4v) is 1.80. The second-order valence-corrected chi connectivity index (χ2v) is 4.17. The Balaban J connectivity index is 2.70. The van der Waals surface area contributed by atoms with E-state index in [0.717, 1.165) is 9.88 Å². The maximum absolute atomic E-state index is 7.11. The summed E-state index contributed by atoms with van der Waals surface area (Å²) in [7, 11) is 0. The van der Waals surface area contributed by atoms with Gasteiger partial charge in [-0.1, -0.05) is 13.8 Å². The van der Waals surface area contributed by atoms with Gasteiger partial charge in [-0.15, -0.1) is 11.3 Å². The normalized spacial score (nSPS) is 10.6. The largest absolute Gasteiger partial charge is 0.387 e. The van der Waals surface area contributed by atoms with Crippen LogP contribution in [0.1, 0.15) is 29.7 Å². The summed E-state index contributed by atoms with van der Waals surface area (Å²) in [6, 6.07) is 0. The summed E-state index contributed by atoms with van der Waals surface area (Å²) >= 11 is 1.64. The van der Waals surface area contributed by atoms with Crippen molar-refractivity contribution in [1.82, 2.24) is 4.98 Å². The Morgan fingerprint density at radius 1 is 1.75 bits per heavy atom. The molecule has 0 bridgehead atoms. The van der Waals surface area contributed by atoms with Crippen molar-refractivity contribution in [2.45, 2.75) is 26.2 Å². The number of hydrogen-bond donors (Lipinski definition) is 2. The molecule has 0 unspecified atom stereocenters. The van der Waals surface area contributed by atoms with Gasteiger partial charge in [-0.2, -0.15) is 0 Å². The van der Waals surface area contributed by atoms with E-state index in [1.54, 1.807) is 17.5 Å². The van der Waals surface area contributed by atoms with Crippen LogP contribution in [0.25, 0.3) is 0 Å². The first kappa shape index (κ1) is 9.19. The molecular weight excluding hydrogens is 170 g/mol. The van der Waals surface area contributed by atoms with Crippen molar-refractivity contribution in [2.75, 3.05) is 0 Å². The Morgan fingerprint density at radius 2 is 2.42 bits per heavy atom. The van der Waals surface area contributed by atoms with Crippen LogP contribution in [0.5, 0.6) is 0 Å². The fraction of sp³-hybridized carbons (Fsp3) is 0.500. The van der Waals surface area contributed by atoms with Gasteiger partial charge in [-0.05, 0) is 0 Å². The van der Waals surface area contributed by atoms with Crippen LogP contribution in [0.4, 0.5) is 0 Å². The van der Waals surface area contributed by atoms with Gasteiger partial charge in [0.1, 0.15) is 0 Å². The lowest BCUT2D eigenvalue weighted by Crippen LogP contribution is -2.11. The van der Waals surface area contributed by atoms with E-state index in [1.807, 2.05) is 0 Å². The van der Waals surface area contributed by atoms with Crippen LogP contribution < -0.4 is 5.73 Å². The molecule has 0 atom stereocenters. The van der Waals surface area contributed by atoms with Gasteiger partial charge in [-0.25, -0.2) is 4.98 Å². The van der Waals surface area contributed by atoms with Gasteiger partial charge in [0.2, 0.25) is 0 Å². The molecule has 66 valence electrons. The van der Waals surface area contributed by atoms with Crippen LogP contribution in [0, 0.1) is 5.41 Å². The molecule has 3 N–H and O–H groups in total. The minimum atomic E-state index is 0.203. The zero-order valence-corrected chi connectivity index (χ0v) is 8.11. The average molecular weight is 183 g/mol. The standard InChI is InChI=1S/C8H13N3S/c1-5(2)8-11-4-6(12-8)3-7(9)10/h4-5H,3H2,1-2H3,(H3,9,10). The number of nitrogens with two attached hydrogens (primary N) is 1. The molecule has 0 radical (unpaired) electrons. The molecule has 0 aliphatic rings. The Labute approximate surface area is 76.1 Å². The molecular formula is C8H13N3S. The lowest BCUT2D eigenvalue weighted by Gasteiger charge is -1.95. The van der Waals surface area contributed by atoms with E-state index in [-0.39, 0.29) is 5.84 Å². The fourth-order valence-electron chi connectivity index (χ4n) is 0.859. The van der Waals surface area contributed by atoms with E-state index >= 15 is 0 Å². The summed E-state index contributed by atoms with van der Waals surface area (Å²) in [6.07, 6.45) is 2.34. The van der Waals surface area contributed by atoms with Gasteiger partial charge in [0.05, 0.1) is 10.8 Å². The van der Waals surface area contributed by atoms with Crippen LogP contribution >= 0.6 is 11.3 Å². The average Bonchev–Trinajstić information content (AvgIpc) is 2.34. The minimum absolute atomic E-state index is 0.203. The summed E-state index contributed by atoms with van der Waals surface area (Å²) in [5, 5.41) is 8.22. The van der Waals surface area contributed by atoms with E-state index in [1.165, 1.54) is 0 Å². The second-order valence-electron chi connectivity index (χ2n) is 3.02. The van der Waals surface area contributed by atoms with E-state index in [4.69, 9.17) is 11.1 Å². The first-order chi connectivity index (χ1) is 5.59. The van der Waals surface area contributed by atoms with Gasteiger partial charge < -0.3 is 5.73 Å². The van der Waals surface area contributed by atoms with Gasteiger partial charge in [0, 0.05) is 23.4 Å². The first-order valence-electron chi connectivity index (χ1n) is 3.87. The van der Waals surface area contributed by atoms with Crippen LogP contribution in [-0.2, 0) is 6.42 Å². The van der Waals surface area contributed by atoms with Gasteiger partial charge in [-0.3, -0.25) is 5.41 Å². The highest BCUT2D eigenvalue weighted by Gasteiger charge is 2.05. The highest BCUT2D eigenvalue weighted by molar-refractivity contribution is 7.11. The summed E-state index contributed by atoms with van der Waals surface area (Å²) in [5.41, 5.74) is 5.27. The van der Waals surface area contributed by atoms with Crippen molar-refractivity contribution in [3.8, 4) is 0 Å². The Hall–Kier alpha value is -0.900. The molecule has 4 heteroatoms. The third-order valence-electron chi connectivity index (χ3n) is 1.43. The van der Waals surface area contributed by atoms with E-state index in [9.17, 15) is 0 Å².